The fourth-order valence-electron chi connectivity index (χ4n) is 0.258. The van der Waals surface area contributed by atoms with Gasteiger partial charge in [0.2, 0.25) is 0 Å². The van der Waals surface area contributed by atoms with E-state index in [0.717, 1.165) is 12.8 Å². The predicted octanol–water partition coefficient (Wildman–Crippen LogP) is 0.814. The molecule has 0 aromatic rings. The van der Waals surface area contributed by atoms with Crippen LogP contribution in [0.2, 0.25) is 4.82 Å². The molecule has 1 atom stereocenters. The van der Waals surface area contributed by atoms with Crippen LogP contribution >= 0.6 is 0 Å². The van der Waals surface area contributed by atoms with E-state index in [0.29, 0.717) is 0 Å². The van der Waals surface area contributed by atoms with Gasteiger partial charge in [-0.2, -0.15) is 0 Å². The minimum absolute atomic E-state index is 0.130. The van der Waals surface area contributed by atoms with Crippen LogP contribution in [0.15, 0.2) is 0 Å². The van der Waals surface area contributed by atoms with Crippen LogP contribution in [0.5, 0.6) is 0 Å². The van der Waals surface area contributed by atoms with Gasteiger partial charge in [-0.05, 0) is 0 Å². The summed E-state index contributed by atoms with van der Waals surface area (Å²) in [5.74, 6) is 0. The summed E-state index contributed by atoms with van der Waals surface area (Å²) >= 11 is 2.32. The van der Waals surface area contributed by atoms with Crippen LogP contribution in [0.25, 0.3) is 0 Å². The Morgan fingerprint density at radius 3 is 2.57 bits per heavy atom. The van der Waals surface area contributed by atoms with Gasteiger partial charge in [0.1, 0.15) is 0 Å². The maximum absolute atomic E-state index is 8.17. The second kappa shape index (κ2) is 4.18. The van der Waals surface area contributed by atoms with E-state index in [-0.39, 0.29) is 4.82 Å². The van der Waals surface area contributed by atoms with Crippen LogP contribution in [0.3, 0.4) is 0 Å². The third kappa shape index (κ3) is 3.85. The molecule has 0 spiro atoms. The first-order chi connectivity index (χ1) is 3.31. The number of nitriles is 1. The van der Waals surface area contributed by atoms with Crippen LogP contribution < -0.4 is 0 Å². The second-order valence-electron chi connectivity index (χ2n) is 1.29. The molecule has 0 heterocycles. The zero-order valence-electron chi connectivity index (χ0n) is 4.09. The Morgan fingerprint density at radius 2 is 2.43 bits per heavy atom. The van der Waals surface area contributed by atoms with Crippen molar-refractivity contribution in [2.75, 3.05) is 0 Å². The van der Waals surface area contributed by atoms with Crippen molar-refractivity contribution >= 4 is 16.0 Å². The molecule has 0 aromatic heterocycles. The van der Waals surface area contributed by atoms with Gasteiger partial charge in [0.05, 0.1) is 0 Å². The van der Waals surface area contributed by atoms with Crippen LogP contribution in [-0.2, 0) is 0 Å². The first kappa shape index (κ1) is 7.01. The van der Waals surface area contributed by atoms with Crippen LogP contribution in [0, 0.1) is 18.3 Å². The van der Waals surface area contributed by atoms with E-state index < -0.39 is 0 Å². The molecule has 0 fully saturated rings. The van der Waals surface area contributed by atoms with Crippen molar-refractivity contribution in [3.05, 3.63) is 6.92 Å². The summed E-state index contributed by atoms with van der Waals surface area (Å²) in [7, 11) is 0. The van der Waals surface area contributed by atoms with E-state index in [9.17, 15) is 0 Å². The average Bonchev–Trinajstić information content (AvgIpc) is 1.68. The van der Waals surface area contributed by atoms with Crippen molar-refractivity contribution in [3.8, 4) is 6.07 Å². The average molecular weight is 161 g/mol. The van der Waals surface area contributed by atoms with Gasteiger partial charge in [-0.25, -0.2) is 0 Å². The van der Waals surface area contributed by atoms with Gasteiger partial charge < -0.3 is 0 Å². The summed E-state index contributed by atoms with van der Waals surface area (Å²) in [4.78, 5) is 0.130. The molecular weight excluding hydrogens is 153 g/mol. The molecule has 0 aliphatic carbocycles. The Balaban J connectivity index is 3.04. The third-order valence-corrected chi connectivity index (χ3v) is 1.41. The van der Waals surface area contributed by atoms with Gasteiger partial charge in [-0.1, -0.05) is 0 Å². The minimum atomic E-state index is 0.130. The zero-order valence-corrected chi connectivity index (χ0v) is 5.97. The summed E-state index contributed by atoms with van der Waals surface area (Å²) in [6.45, 7) is 3.61. The number of nitrogens with zero attached hydrogens (tertiary/aromatic N) is 1. The van der Waals surface area contributed by atoms with Crippen LogP contribution in [-0.4, -0.2) is 16.0 Å². The monoisotopic (exact) mass is 162 g/mol. The molecule has 39 valence electrons. The molecule has 0 aromatic carbocycles. The molecule has 2 heteroatoms. The van der Waals surface area contributed by atoms with Crippen molar-refractivity contribution in [1.29, 1.82) is 5.26 Å². The van der Waals surface area contributed by atoms with Crippen molar-refractivity contribution in [1.82, 2.24) is 0 Å². The van der Waals surface area contributed by atoms with Gasteiger partial charge in [0.15, 0.2) is 0 Å². The van der Waals surface area contributed by atoms with Crippen molar-refractivity contribution in [2.24, 2.45) is 0 Å². The van der Waals surface area contributed by atoms with E-state index in [1.807, 2.05) is 0 Å². The Bertz CT molecular complexity index is 74.6. The summed E-state index contributed by atoms with van der Waals surface area (Å²) in [5, 5.41) is 8.17. The maximum atomic E-state index is 8.17. The summed E-state index contributed by atoms with van der Waals surface area (Å²) < 4.78 is 0. The van der Waals surface area contributed by atoms with Gasteiger partial charge in [-0.3, -0.25) is 0 Å². The molecule has 0 amide bonds. The normalized spacial score (nSPS) is 12.7. The second-order valence-corrected chi connectivity index (χ2v) is 2.59. The first-order valence-corrected chi connectivity index (χ1v) is 3.26. The van der Waals surface area contributed by atoms with E-state index in [1.54, 1.807) is 0 Å². The van der Waals surface area contributed by atoms with Gasteiger partial charge in [-0.15, -0.1) is 0 Å². The van der Waals surface area contributed by atoms with Crippen molar-refractivity contribution < 1.29 is 0 Å². The third-order valence-electron chi connectivity index (χ3n) is 0.627. The van der Waals surface area contributed by atoms with Gasteiger partial charge in [0.25, 0.3) is 0 Å². The molecule has 1 nitrogen and oxygen atoms in total. The quantitative estimate of drug-likeness (QED) is 0.550. The molecule has 0 saturated heterocycles. The summed E-state index contributed by atoms with van der Waals surface area (Å²) in [6.07, 6.45) is 1.75. The van der Waals surface area contributed by atoms with Gasteiger partial charge in [0, 0.05) is 0 Å². The molecule has 0 saturated carbocycles. The summed E-state index contributed by atoms with van der Waals surface area (Å²) in [6, 6.07) is 2.10. The molecular formula is C5H8NSe. The van der Waals surface area contributed by atoms with E-state index in [1.165, 1.54) is 0 Å². The van der Waals surface area contributed by atoms with Crippen LogP contribution in [0.4, 0.5) is 0 Å². The molecule has 0 bridgehead atoms. The summed E-state index contributed by atoms with van der Waals surface area (Å²) in [5.41, 5.74) is 0. The van der Waals surface area contributed by atoms with Crippen molar-refractivity contribution in [3.63, 3.8) is 0 Å². The fraction of sp³-hybridized carbons (Fsp3) is 0.600. The molecule has 0 rings (SSSR count). The molecule has 1 radical (unpaired) electrons. The van der Waals surface area contributed by atoms with E-state index in [4.69, 9.17) is 5.26 Å². The van der Waals surface area contributed by atoms with Crippen LogP contribution in [0.1, 0.15) is 12.8 Å². The number of hydrogen-bond acceptors (Lipinski definition) is 1. The first-order valence-electron chi connectivity index (χ1n) is 2.18. The Labute approximate surface area is 52.5 Å². The fourth-order valence-corrected chi connectivity index (χ4v) is 0.641. The molecule has 7 heavy (non-hydrogen) atoms. The zero-order chi connectivity index (χ0) is 5.70. The molecule has 0 N–H and O–H groups in total. The topological polar surface area (TPSA) is 23.8 Å². The molecule has 0 aliphatic rings. The number of hydrogen-bond donors (Lipinski definition) is 0. The van der Waals surface area contributed by atoms with E-state index in [2.05, 4.69) is 29.0 Å². The predicted molar refractivity (Wildman–Crippen MR) is 31.1 cm³/mol. The standard InChI is InChI=1S/C5H8NSe/c1-2-3-5(7)4-6/h5,7H,1-3H2. The SMILES string of the molecule is [CH2]CCC([SeH])C#N. The number of rotatable bonds is 2. The van der Waals surface area contributed by atoms with E-state index >= 15 is 0 Å². The Hall–Kier alpha value is 0.00948. The molecule has 0 aliphatic heterocycles. The Morgan fingerprint density at radius 1 is 1.86 bits per heavy atom. The Kier molecular flexibility index (Phi) is 4.18. The van der Waals surface area contributed by atoms with Crippen molar-refractivity contribution in [2.45, 2.75) is 17.7 Å². The van der Waals surface area contributed by atoms with Gasteiger partial charge >= 0.3 is 51.9 Å². The molecule has 1 unspecified atom stereocenters.